The fourth-order valence-corrected chi connectivity index (χ4v) is 5.64. The Morgan fingerprint density at radius 3 is 2.90 bits per heavy atom. The number of halogens is 2. The summed E-state index contributed by atoms with van der Waals surface area (Å²) in [4.78, 5) is 14.1. The van der Waals surface area contributed by atoms with Crippen molar-refractivity contribution in [1.82, 2.24) is 4.90 Å². The van der Waals surface area contributed by atoms with E-state index in [1.54, 1.807) is 36.9 Å². The van der Waals surface area contributed by atoms with Gasteiger partial charge in [0.25, 0.3) is 5.91 Å². The van der Waals surface area contributed by atoms with Gasteiger partial charge in [-0.05, 0) is 18.2 Å². The molecule has 0 aromatic heterocycles. The third-order valence-electron chi connectivity index (χ3n) is 3.32. The first-order valence-electron chi connectivity index (χ1n) is 6.42. The van der Waals surface area contributed by atoms with Gasteiger partial charge in [0.05, 0.1) is 10.6 Å². The van der Waals surface area contributed by atoms with Gasteiger partial charge in [-0.15, -0.1) is 0 Å². The van der Waals surface area contributed by atoms with E-state index in [2.05, 4.69) is 15.9 Å². The van der Waals surface area contributed by atoms with E-state index >= 15 is 0 Å². The highest BCUT2D eigenvalue weighted by molar-refractivity contribution is 9.10. The molecule has 1 fully saturated rings. The SMILES string of the molecule is CCS(=O)(=O)C1CSCCN1C(=O)c1cc(Br)ccc1Cl. The number of benzene rings is 1. The zero-order chi connectivity index (χ0) is 15.6. The first-order chi connectivity index (χ1) is 9.86. The minimum Gasteiger partial charge on any atom is -0.320 e. The summed E-state index contributed by atoms with van der Waals surface area (Å²) in [6.07, 6.45) is 0. The van der Waals surface area contributed by atoms with Gasteiger partial charge in [0, 0.05) is 28.3 Å². The molecule has 0 spiro atoms. The van der Waals surface area contributed by atoms with Crippen molar-refractivity contribution in [2.24, 2.45) is 0 Å². The lowest BCUT2D eigenvalue weighted by Crippen LogP contribution is -2.50. The Morgan fingerprint density at radius 1 is 1.52 bits per heavy atom. The molecule has 1 aliphatic heterocycles. The molecule has 1 heterocycles. The van der Waals surface area contributed by atoms with Crippen molar-refractivity contribution in [3.05, 3.63) is 33.3 Å². The number of rotatable bonds is 3. The van der Waals surface area contributed by atoms with Gasteiger partial charge in [-0.3, -0.25) is 4.79 Å². The summed E-state index contributed by atoms with van der Waals surface area (Å²) in [6, 6.07) is 4.99. The first-order valence-corrected chi connectivity index (χ1v) is 10.5. The van der Waals surface area contributed by atoms with Gasteiger partial charge >= 0.3 is 0 Å². The molecule has 0 N–H and O–H groups in total. The third-order valence-corrected chi connectivity index (χ3v) is 7.43. The van der Waals surface area contributed by atoms with E-state index in [1.165, 1.54) is 4.90 Å². The van der Waals surface area contributed by atoms with E-state index in [1.807, 2.05) is 0 Å². The van der Waals surface area contributed by atoms with E-state index < -0.39 is 15.2 Å². The Bertz CT molecular complexity index is 651. The minimum atomic E-state index is -3.32. The van der Waals surface area contributed by atoms with Crippen LogP contribution in [0.1, 0.15) is 17.3 Å². The fourth-order valence-electron chi connectivity index (χ4n) is 2.12. The van der Waals surface area contributed by atoms with Crippen molar-refractivity contribution in [3.63, 3.8) is 0 Å². The van der Waals surface area contributed by atoms with Gasteiger partial charge in [-0.25, -0.2) is 8.42 Å². The number of carbonyl (C=O) groups excluding carboxylic acids is 1. The van der Waals surface area contributed by atoms with Crippen LogP contribution in [0.5, 0.6) is 0 Å². The van der Waals surface area contributed by atoms with Crippen LogP contribution < -0.4 is 0 Å². The molecule has 0 aliphatic carbocycles. The van der Waals surface area contributed by atoms with Crippen LogP contribution in [-0.4, -0.2) is 48.4 Å². The number of sulfone groups is 1. The lowest BCUT2D eigenvalue weighted by molar-refractivity contribution is 0.0749. The largest absolute Gasteiger partial charge is 0.320 e. The number of carbonyl (C=O) groups is 1. The molecule has 1 atom stereocenters. The average Bonchev–Trinajstić information content (AvgIpc) is 2.49. The van der Waals surface area contributed by atoms with E-state index in [0.29, 0.717) is 22.9 Å². The first kappa shape index (κ1) is 17.1. The van der Waals surface area contributed by atoms with Gasteiger partial charge in [0.2, 0.25) is 0 Å². The molecule has 1 aromatic rings. The predicted octanol–water partition coefficient (Wildman–Crippen LogP) is 3.05. The maximum Gasteiger partial charge on any atom is 0.256 e. The molecule has 0 radical (unpaired) electrons. The monoisotopic (exact) mass is 411 g/mol. The number of thioether (sulfide) groups is 1. The van der Waals surface area contributed by atoms with Crippen molar-refractivity contribution in [1.29, 1.82) is 0 Å². The number of nitrogens with zero attached hydrogens (tertiary/aromatic N) is 1. The van der Waals surface area contributed by atoms with Gasteiger partial charge in [0.15, 0.2) is 9.84 Å². The van der Waals surface area contributed by atoms with Crippen molar-refractivity contribution >= 4 is 55.0 Å². The summed E-state index contributed by atoms with van der Waals surface area (Å²) < 4.78 is 25.1. The van der Waals surface area contributed by atoms with E-state index in [9.17, 15) is 13.2 Å². The molecular weight excluding hydrogens is 398 g/mol. The molecule has 1 saturated heterocycles. The minimum absolute atomic E-state index is 0.0220. The zero-order valence-corrected chi connectivity index (χ0v) is 15.4. The second kappa shape index (κ2) is 6.89. The standard InChI is InChI=1S/C13H15BrClNO3S2/c1-2-21(18,19)12-8-20-6-5-16(12)13(17)10-7-9(14)3-4-11(10)15/h3-4,7,12H,2,5-6,8H2,1H3. The van der Waals surface area contributed by atoms with Crippen LogP contribution in [0.2, 0.25) is 5.02 Å². The van der Waals surface area contributed by atoms with Crippen LogP contribution in [0.15, 0.2) is 22.7 Å². The molecule has 8 heteroatoms. The highest BCUT2D eigenvalue weighted by atomic mass is 79.9. The molecule has 1 unspecified atom stereocenters. The fraction of sp³-hybridized carbons (Fsp3) is 0.462. The topological polar surface area (TPSA) is 54.5 Å². The van der Waals surface area contributed by atoms with Gasteiger partial charge in [-0.2, -0.15) is 11.8 Å². The average molecular weight is 413 g/mol. The molecule has 1 aromatic carbocycles. The molecule has 116 valence electrons. The van der Waals surface area contributed by atoms with Crippen LogP contribution in [-0.2, 0) is 9.84 Å². The molecule has 1 aliphatic rings. The summed E-state index contributed by atoms with van der Waals surface area (Å²) in [5.74, 6) is 0.832. The van der Waals surface area contributed by atoms with E-state index in [0.717, 1.165) is 10.2 Å². The summed E-state index contributed by atoms with van der Waals surface area (Å²) >= 11 is 10.9. The van der Waals surface area contributed by atoms with Crippen LogP contribution in [0, 0.1) is 0 Å². The maximum absolute atomic E-state index is 12.7. The molecule has 0 bridgehead atoms. The number of hydrogen-bond donors (Lipinski definition) is 0. The van der Waals surface area contributed by atoms with Gasteiger partial charge in [0.1, 0.15) is 5.37 Å². The number of amides is 1. The third kappa shape index (κ3) is 3.75. The van der Waals surface area contributed by atoms with Crippen LogP contribution in [0.25, 0.3) is 0 Å². The second-order valence-electron chi connectivity index (χ2n) is 4.60. The highest BCUT2D eigenvalue weighted by Gasteiger charge is 2.36. The lowest BCUT2D eigenvalue weighted by Gasteiger charge is -2.34. The normalized spacial score (nSPS) is 19.6. The molecule has 21 heavy (non-hydrogen) atoms. The Balaban J connectivity index is 2.37. The van der Waals surface area contributed by atoms with Crippen molar-refractivity contribution in [2.75, 3.05) is 23.8 Å². The molecule has 4 nitrogen and oxygen atoms in total. The summed E-state index contributed by atoms with van der Waals surface area (Å²) in [6.45, 7) is 2.01. The van der Waals surface area contributed by atoms with Crippen LogP contribution in [0.4, 0.5) is 0 Å². The van der Waals surface area contributed by atoms with Crippen LogP contribution >= 0.6 is 39.3 Å². The highest BCUT2D eigenvalue weighted by Crippen LogP contribution is 2.27. The Kier molecular flexibility index (Phi) is 5.62. The molecular formula is C13H15BrClNO3S2. The maximum atomic E-state index is 12.7. The van der Waals surface area contributed by atoms with E-state index in [-0.39, 0.29) is 11.7 Å². The second-order valence-corrected chi connectivity index (χ2v) is 9.52. The van der Waals surface area contributed by atoms with Crippen LogP contribution in [0.3, 0.4) is 0 Å². The predicted molar refractivity (Wildman–Crippen MR) is 90.8 cm³/mol. The lowest BCUT2D eigenvalue weighted by atomic mass is 10.2. The molecule has 2 rings (SSSR count). The van der Waals surface area contributed by atoms with Gasteiger partial charge in [-0.1, -0.05) is 34.5 Å². The summed E-state index contributed by atoms with van der Waals surface area (Å²) in [5, 5.41) is -0.446. The molecule has 1 amide bonds. The van der Waals surface area contributed by atoms with Gasteiger partial charge < -0.3 is 4.90 Å². The smallest absolute Gasteiger partial charge is 0.256 e. The quantitative estimate of drug-likeness (QED) is 0.765. The van der Waals surface area contributed by atoms with Crippen molar-refractivity contribution in [3.8, 4) is 0 Å². The summed E-state index contributed by atoms with van der Waals surface area (Å²) in [5.41, 5.74) is 0.328. The molecule has 0 saturated carbocycles. The summed E-state index contributed by atoms with van der Waals surface area (Å²) in [7, 11) is -3.32. The number of hydrogen-bond acceptors (Lipinski definition) is 4. The van der Waals surface area contributed by atoms with Crippen molar-refractivity contribution in [2.45, 2.75) is 12.3 Å². The Morgan fingerprint density at radius 2 is 2.24 bits per heavy atom. The Hall–Kier alpha value is -0.240. The Labute approximate surface area is 142 Å². The zero-order valence-electron chi connectivity index (χ0n) is 11.4. The van der Waals surface area contributed by atoms with Crippen molar-refractivity contribution < 1.29 is 13.2 Å². The van der Waals surface area contributed by atoms with E-state index in [4.69, 9.17) is 11.6 Å².